The molecule has 2 fully saturated rings. The van der Waals surface area contributed by atoms with E-state index in [1.54, 1.807) is 36.9 Å². The van der Waals surface area contributed by atoms with Crippen molar-refractivity contribution in [3.63, 3.8) is 0 Å². The summed E-state index contributed by atoms with van der Waals surface area (Å²) in [6, 6.07) is 6.42. The average Bonchev–Trinajstić information content (AvgIpc) is 3.52. The molecule has 0 amide bonds. The van der Waals surface area contributed by atoms with E-state index in [0.717, 1.165) is 12.0 Å². The number of aliphatic hydroxyl groups is 1. The van der Waals surface area contributed by atoms with Gasteiger partial charge in [-0.15, -0.1) is 0 Å². The van der Waals surface area contributed by atoms with E-state index in [9.17, 15) is 20.3 Å². The van der Waals surface area contributed by atoms with Crippen molar-refractivity contribution in [3.8, 4) is 6.07 Å². The molecule has 2 saturated heterocycles. The normalized spacial score (nSPS) is 23.2. The third-order valence-electron chi connectivity index (χ3n) is 8.09. The molecule has 2 aliphatic rings. The lowest BCUT2D eigenvalue weighted by Gasteiger charge is -2.48. The quantitative estimate of drug-likeness (QED) is 0.448. The van der Waals surface area contributed by atoms with Crippen molar-refractivity contribution in [2.24, 2.45) is 5.92 Å². The lowest BCUT2D eigenvalue weighted by Crippen LogP contribution is -2.59. The van der Waals surface area contributed by atoms with Crippen molar-refractivity contribution in [2.75, 3.05) is 24.5 Å². The molecule has 1 aromatic carbocycles. The van der Waals surface area contributed by atoms with Gasteiger partial charge in [-0.05, 0) is 64.3 Å². The Morgan fingerprint density at radius 3 is 2.69 bits per heavy atom. The zero-order chi connectivity index (χ0) is 28.1. The molecule has 2 N–H and O–H groups in total. The Morgan fingerprint density at radius 1 is 1.26 bits per heavy atom. The highest BCUT2D eigenvalue weighted by molar-refractivity contribution is 6.35. The number of aromatic nitrogens is 4. The van der Waals surface area contributed by atoms with Crippen LogP contribution in [0.5, 0.6) is 0 Å². The van der Waals surface area contributed by atoms with Gasteiger partial charge in [0.1, 0.15) is 23.4 Å². The number of aliphatic carboxylic acids is 1. The number of fused-ring (bicyclic) bond motifs is 1. The van der Waals surface area contributed by atoms with Crippen LogP contribution in [0.4, 0.5) is 5.82 Å². The number of halogens is 2. The fraction of sp³-hybridized carbons (Fsp3) is 0.519. The smallest absolute Gasteiger partial charge is 0.320 e. The first-order valence-corrected chi connectivity index (χ1v) is 13.8. The Bertz CT molecular complexity index is 1450. The number of hydrogen-bond acceptors (Lipinski definition) is 8. The van der Waals surface area contributed by atoms with E-state index in [1.165, 1.54) is 0 Å². The van der Waals surface area contributed by atoms with Crippen LogP contribution in [-0.4, -0.2) is 78.1 Å². The summed E-state index contributed by atoms with van der Waals surface area (Å²) in [4.78, 5) is 25.5. The number of carboxylic acid groups (broad SMARTS) is 1. The maximum atomic E-state index is 11.9. The summed E-state index contributed by atoms with van der Waals surface area (Å²) in [6.07, 6.45) is 3.76. The second-order valence-electron chi connectivity index (χ2n) is 10.9. The molecule has 0 radical (unpaired) electrons. The molecule has 0 aliphatic carbocycles. The van der Waals surface area contributed by atoms with Crippen LogP contribution in [0.3, 0.4) is 0 Å². The van der Waals surface area contributed by atoms with E-state index >= 15 is 0 Å². The molecular formula is C27H31Cl2N7O3. The number of rotatable bonds is 6. The second kappa shape index (κ2) is 10.5. The molecule has 5 rings (SSSR count). The molecule has 12 heteroatoms. The second-order valence-corrected chi connectivity index (χ2v) is 11.8. The SMILES string of the molecule is CC(c1ccc(Cl)cc1Cl)n1nc(C#N)c2ncc(N3CC[C@H](N4CCC[C@H]4C(=O)O)[C@H](C(C)(C)O)C3)nc21. The molecule has 4 heterocycles. The van der Waals surface area contributed by atoms with Gasteiger partial charge in [0.2, 0.25) is 0 Å². The largest absolute Gasteiger partial charge is 0.480 e. The molecule has 0 spiro atoms. The first-order valence-electron chi connectivity index (χ1n) is 13.1. The summed E-state index contributed by atoms with van der Waals surface area (Å²) in [5, 5.41) is 36.1. The molecule has 4 atom stereocenters. The highest BCUT2D eigenvalue weighted by Crippen LogP contribution is 2.37. The van der Waals surface area contributed by atoms with Gasteiger partial charge in [-0.25, -0.2) is 14.6 Å². The lowest BCUT2D eigenvalue weighted by atomic mass is 9.79. The van der Waals surface area contributed by atoms with Crippen LogP contribution in [0.2, 0.25) is 10.0 Å². The van der Waals surface area contributed by atoms with Gasteiger partial charge in [0.25, 0.3) is 0 Å². The van der Waals surface area contributed by atoms with Crippen LogP contribution < -0.4 is 4.90 Å². The highest BCUT2D eigenvalue weighted by atomic mass is 35.5. The minimum atomic E-state index is -1.04. The number of anilines is 1. The first-order chi connectivity index (χ1) is 18.5. The maximum absolute atomic E-state index is 11.9. The Kier molecular flexibility index (Phi) is 7.46. The number of piperidine rings is 1. The summed E-state index contributed by atoms with van der Waals surface area (Å²) >= 11 is 12.6. The van der Waals surface area contributed by atoms with Crippen molar-refractivity contribution in [3.05, 3.63) is 45.7 Å². The zero-order valence-corrected chi connectivity index (χ0v) is 23.6. The van der Waals surface area contributed by atoms with Crippen LogP contribution in [0.15, 0.2) is 24.4 Å². The first kappa shape index (κ1) is 27.6. The van der Waals surface area contributed by atoms with Gasteiger partial charge in [-0.3, -0.25) is 9.69 Å². The number of carboxylic acids is 1. The third kappa shape index (κ3) is 5.16. The van der Waals surface area contributed by atoms with E-state index < -0.39 is 17.6 Å². The van der Waals surface area contributed by atoms with E-state index in [4.69, 9.17) is 28.2 Å². The van der Waals surface area contributed by atoms with E-state index in [0.29, 0.717) is 59.5 Å². The zero-order valence-electron chi connectivity index (χ0n) is 22.1. The molecule has 10 nitrogen and oxygen atoms in total. The molecule has 1 unspecified atom stereocenters. The fourth-order valence-electron chi connectivity index (χ4n) is 6.06. The highest BCUT2D eigenvalue weighted by Gasteiger charge is 2.46. The number of likely N-dealkylation sites (tertiary alicyclic amines) is 1. The molecular weight excluding hydrogens is 541 g/mol. The van der Waals surface area contributed by atoms with Crippen LogP contribution in [-0.2, 0) is 4.79 Å². The van der Waals surface area contributed by atoms with Gasteiger partial charge < -0.3 is 15.1 Å². The van der Waals surface area contributed by atoms with Crippen molar-refractivity contribution in [1.29, 1.82) is 5.26 Å². The molecule has 0 saturated carbocycles. The molecule has 2 aliphatic heterocycles. The minimum absolute atomic E-state index is 0.0654. The Hall–Kier alpha value is -2.97. The van der Waals surface area contributed by atoms with Crippen LogP contribution in [0, 0.1) is 17.2 Å². The van der Waals surface area contributed by atoms with E-state index in [-0.39, 0.29) is 23.7 Å². The third-order valence-corrected chi connectivity index (χ3v) is 8.65. The summed E-state index contributed by atoms with van der Waals surface area (Å²) in [7, 11) is 0. The van der Waals surface area contributed by atoms with Crippen molar-refractivity contribution >= 4 is 46.2 Å². The summed E-state index contributed by atoms with van der Waals surface area (Å²) in [5.41, 5.74) is 0.761. The van der Waals surface area contributed by atoms with E-state index in [1.807, 2.05) is 13.0 Å². The molecule has 0 bridgehead atoms. The van der Waals surface area contributed by atoms with Crippen molar-refractivity contribution in [2.45, 2.75) is 63.8 Å². The Balaban J connectivity index is 1.49. The van der Waals surface area contributed by atoms with Crippen LogP contribution in [0.1, 0.15) is 57.3 Å². The predicted octanol–water partition coefficient (Wildman–Crippen LogP) is 4.13. The van der Waals surface area contributed by atoms with Gasteiger partial charge >= 0.3 is 5.97 Å². The molecule has 3 aromatic rings. The summed E-state index contributed by atoms with van der Waals surface area (Å²) in [5.74, 6) is -0.418. The average molecular weight is 572 g/mol. The van der Waals surface area contributed by atoms with Gasteiger partial charge in [-0.1, -0.05) is 29.3 Å². The van der Waals surface area contributed by atoms with Gasteiger partial charge in [0, 0.05) is 35.1 Å². The molecule has 39 heavy (non-hydrogen) atoms. The van der Waals surface area contributed by atoms with Gasteiger partial charge in [-0.2, -0.15) is 10.4 Å². The van der Waals surface area contributed by atoms with E-state index in [2.05, 4.69) is 26.0 Å². The number of carbonyl (C=O) groups is 1. The maximum Gasteiger partial charge on any atom is 0.320 e. The Labute approximate surface area is 236 Å². The van der Waals surface area contributed by atoms with Gasteiger partial charge in [0.05, 0.1) is 17.8 Å². The summed E-state index contributed by atoms with van der Waals surface area (Å²) < 4.78 is 1.65. The monoisotopic (exact) mass is 571 g/mol. The van der Waals surface area contributed by atoms with Crippen molar-refractivity contribution in [1.82, 2.24) is 24.6 Å². The van der Waals surface area contributed by atoms with Crippen LogP contribution >= 0.6 is 23.2 Å². The molecule has 2 aromatic heterocycles. The minimum Gasteiger partial charge on any atom is -0.480 e. The predicted molar refractivity (Wildman–Crippen MR) is 148 cm³/mol. The number of hydrogen-bond donors (Lipinski definition) is 2. The standard InChI is InChI=1S/C27H31Cl2N7O3/c1-15(17-7-6-16(28)11-19(17)29)36-25-24(20(12-30)33-36)31-13-23(32-25)34-10-8-21(18(14-34)27(2,3)39)35-9-4-5-22(35)26(37)38/h6-7,11,13,15,18,21-22,39H,4-5,8-10,14H2,1-3H3,(H,37,38)/t15?,18-,21+,22+/m1/s1. The van der Waals surface area contributed by atoms with Crippen molar-refractivity contribution < 1.29 is 15.0 Å². The van der Waals surface area contributed by atoms with Gasteiger partial charge in [0.15, 0.2) is 11.3 Å². The number of nitriles is 1. The fourth-order valence-corrected chi connectivity index (χ4v) is 6.63. The number of benzene rings is 1. The molecule has 206 valence electrons. The lowest BCUT2D eigenvalue weighted by molar-refractivity contribution is -0.144. The Morgan fingerprint density at radius 2 is 2.03 bits per heavy atom. The summed E-state index contributed by atoms with van der Waals surface area (Å²) in [6.45, 7) is 7.29. The van der Waals surface area contributed by atoms with Crippen LogP contribution in [0.25, 0.3) is 11.2 Å². The number of nitrogens with zero attached hydrogens (tertiary/aromatic N) is 7. The topological polar surface area (TPSA) is 131 Å².